The van der Waals surface area contributed by atoms with Gasteiger partial charge in [0, 0.05) is 19.5 Å². The van der Waals surface area contributed by atoms with Crippen molar-refractivity contribution in [1.29, 1.82) is 5.26 Å². The van der Waals surface area contributed by atoms with Crippen LogP contribution >= 0.6 is 0 Å². The fourth-order valence-corrected chi connectivity index (χ4v) is 2.01. The zero-order valence-electron chi connectivity index (χ0n) is 16.0. The van der Waals surface area contributed by atoms with Crippen molar-refractivity contribution in [2.45, 2.75) is 45.9 Å². The van der Waals surface area contributed by atoms with E-state index in [1.54, 1.807) is 19.9 Å². The number of nitrogens with one attached hydrogen (secondary N) is 2. The number of esters is 1. The van der Waals surface area contributed by atoms with E-state index in [4.69, 9.17) is 19.5 Å². The lowest BCUT2D eigenvalue weighted by atomic mass is 10.1. The van der Waals surface area contributed by atoms with Gasteiger partial charge in [-0.2, -0.15) is 5.26 Å². The van der Waals surface area contributed by atoms with Crippen LogP contribution in [0.15, 0.2) is 24.3 Å². The lowest BCUT2D eigenvalue weighted by molar-refractivity contribution is -0.145. The molecule has 2 amide bonds. The molecule has 0 heterocycles. The number of hydrogen-bond donors (Lipinski definition) is 2. The van der Waals surface area contributed by atoms with E-state index in [9.17, 15) is 14.4 Å². The summed E-state index contributed by atoms with van der Waals surface area (Å²) in [6, 6.07) is 9.14. The van der Waals surface area contributed by atoms with Gasteiger partial charge >= 0.3 is 18.2 Å². The molecular weight excluding hydrogens is 366 g/mol. The molecule has 1 rings (SSSR count). The third kappa shape index (κ3) is 10.0. The number of nitrogens with zero attached hydrogens (tertiary/aromatic N) is 1. The Kier molecular flexibility index (Phi) is 10.5. The van der Waals surface area contributed by atoms with Crippen LogP contribution in [0.3, 0.4) is 0 Å². The molecule has 0 aliphatic heterocycles. The first-order valence-electron chi connectivity index (χ1n) is 8.90. The lowest BCUT2D eigenvalue weighted by Gasteiger charge is -2.14. The van der Waals surface area contributed by atoms with Crippen LogP contribution in [0.25, 0.3) is 0 Å². The van der Waals surface area contributed by atoms with Gasteiger partial charge in [-0.05, 0) is 18.1 Å². The van der Waals surface area contributed by atoms with Crippen LogP contribution < -0.4 is 10.6 Å². The molecule has 0 saturated carbocycles. The molecular formula is C19H25N3O6. The molecule has 0 fully saturated rings. The minimum Gasteiger partial charge on any atom is -0.462 e. The largest absolute Gasteiger partial charge is 0.462 e. The molecule has 0 aromatic heterocycles. The summed E-state index contributed by atoms with van der Waals surface area (Å²) in [7, 11) is 0. The summed E-state index contributed by atoms with van der Waals surface area (Å²) < 4.78 is 14.8. The number of carbonyl (C=O) groups excluding carboxylic acids is 3. The van der Waals surface area contributed by atoms with Crippen molar-refractivity contribution in [2.24, 2.45) is 0 Å². The van der Waals surface area contributed by atoms with Gasteiger partial charge in [0.25, 0.3) is 0 Å². The summed E-state index contributed by atoms with van der Waals surface area (Å²) in [6.07, 6.45) is -1.37. The molecule has 0 saturated heterocycles. The van der Waals surface area contributed by atoms with Crippen LogP contribution in [-0.2, 0) is 32.1 Å². The van der Waals surface area contributed by atoms with Crippen LogP contribution in [0, 0.1) is 11.3 Å². The van der Waals surface area contributed by atoms with E-state index in [0.717, 1.165) is 11.1 Å². The van der Waals surface area contributed by atoms with E-state index in [2.05, 4.69) is 10.6 Å². The lowest BCUT2D eigenvalue weighted by Crippen LogP contribution is -2.30. The van der Waals surface area contributed by atoms with Crippen LogP contribution in [0.5, 0.6) is 0 Å². The van der Waals surface area contributed by atoms with E-state index in [1.807, 2.05) is 24.3 Å². The molecule has 1 atom stereocenters. The summed E-state index contributed by atoms with van der Waals surface area (Å²) in [4.78, 5) is 34.3. The van der Waals surface area contributed by atoms with Gasteiger partial charge in [0.05, 0.1) is 12.5 Å². The number of ether oxygens (including phenoxy) is 3. The van der Waals surface area contributed by atoms with Crippen molar-refractivity contribution >= 4 is 18.2 Å². The maximum atomic E-state index is 11.8. The van der Waals surface area contributed by atoms with Crippen LogP contribution in [0.2, 0.25) is 0 Å². The second-order valence-corrected chi connectivity index (χ2v) is 5.82. The summed E-state index contributed by atoms with van der Waals surface area (Å²) in [5.74, 6) is -0.352. The fourth-order valence-electron chi connectivity index (χ4n) is 2.01. The third-order valence-electron chi connectivity index (χ3n) is 3.39. The summed E-state index contributed by atoms with van der Waals surface area (Å²) in [5.41, 5.74) is 1.64. The SMILES string of the molecule is CCC(=O)OCC(C)OC(=O)NCc1cccc(CNC(=O)OCCC#N)c1. The fraction of sp³-hybridized carbons (Fsp3) is 0.474. The second-order valence-electron chi connectivity index (χ2n) is 5.82. The minimum absolute atomic E-state index is 0.00567. The predicted molar refractivity (Wildman–Crippen MR) is 98.9 cm³/mol. The molecule has 0 aliphatic carbocycles. The maximum Gasteiger partial charge on any atom is 0.407 e. The van der Waals surface area contributed by atoms with Gasteiger partial charge in [-0.1, -0.05) is 31.2 Å². The Labute approximate surface area is 163 Å². The Morgan fingerprint density at radius 2 is 1.75 bits per heavy atom. The first kappa shape index (κ1) is 22.8. The van der Waals surface area contributed by atoms with Crippen LogP contribution in [-0.4, -0.2) is 37.5 Å². The number of alkyl carbamates (subject to hydrolysis) is 2. The molecule has 9 heteroatoms. The predicted octanol–water partition coefficient (Wildman–Crippen LogP) is 2.39. The zero-order valence-corrected chi connectivity index (χ0v) is 16.0. The normalized spacial score (nSPS) is 10.9. The zero-order chi connectivity index (χ0) is 20.8. The molecule has 2 N–H and O–H groups in total. The topological polar surface area (TPSA) is 127 Å². The first-order chi connectivity index (χ1) is 13.4. The number of carbonyl (C=O) groups is 3. The Morgan fingerprint density at radius 3 is 2.36 bits per heavy atom. The average Bonchev–Trinajstić information content (AvgIpc) is 2.69. The van der Waals surface area contributed by atoms with Gasteiger partial charge in [-0.3, -0.25) is 4.79 Å². The molecule has 1 aromatic carbocycles. The van der Waals surface area contributed by atoms with Crippen molar-refractivity contribution in [1.82, 2.24) is 10.6 Å². The highest BCUT2D eigenvalue weighted by Crippen LogP contribution is 2.06. The molecule has 0 bridgehead atoms. The van der Waals surface area contributed by atoms with Crippen molar-refractivity contribution < 1.29 is 28.6 Å². The number of amides is 2. The Bertz CT molecular complexity index is 701. The van der Waals surface area contributed by atoms with Crippen LogP contribution in [0.4, 0.5) is 9.59 Å². The molecule has 0 radical (unpaired) electrons. The third-order valence-corrected chi connectivity index (χ3v) is 3.39. The maximum absolute atomic E-state index is 11.8. The van der Waals surface area contributed by atoms with Gasteiger partial charge in [0.15, 0.2) is 0 Å². The first-order valence-corrected chi connectivity index (χ1v) is 8.90. The Morgan fingerprint density at radius 1 is 1.11 bits per heavy atom. The molecule has 9 nitrogen and oxygen atoms in total. The monoisotopic (exact) mass is 391 g/mol. The molecule has 28 heavy (non-hydrogen) atoms. The standard InChI is InChI=1S/C19H25N3O6/c1-3-17(23)27-13-14(2)28-19(25)22-12-16-7-4-6-15(10-16)11-21-18(24)26-9-5-8-20/h4,6-7,10,14H,3,5,9,11-13H2,1-2H3,(H,21,24)(H,22,25). The molecule has 152 valence electrons. The van der Waals surface area contributed by atoms with E-state index < -0.39 is 18.3 Å². The number of rotatable bonds is 10. The van der Waals surface area contributed by atoms with Gasteiger partial charge in [-0.25, -0.2) is 9.59 Å². The number of hydrogen-bond acceptors (Lipinski definition) is 7. The van der Waals surface area contributed by atoms with E-state index >= 15 is 0 Å². The minimum atomic E-state index is -0.621. The van der Waals surface area contributed by atoms with Gasteiger partial charge in [-0.15, -0.1) is 0 Å². The number of benzene rings is 1. The van der Waals surface area contributed by atoms with Gasteiger partial charge < -0.3 is 24.8 Å². The Balaban J connectivity index is 2.35. The van der Waals surface area contributed by atoms with Crippen molar-refractivity contribution in [3.8, 4) is 6.07 Å². The second kappa shape index (κ2) is 13.0. The van der Waals surface area contributed by atoms with Crippen molar-refractivity contribution in [3.05, 3.63) is 35.4 Å². The smallest absolute Gasteiger partial charge is 0.407 e. The van der Waals surface area contributed by atoms with Gasteiger partial charge in [0.2, 0.25) is 0 Å². The summed E-state index contributed by atoms with van der Waals surface area (Å²) >= 11 is 0. The van der Waals surface area contributed by atoms with Crippen LogP contribution in [0.1, 0.15) is 37.8 Å². The average molecular weight is 391 g/mol. The molecule has 0 aliphatic rings. The van der Waals surface area contributed by atoms with Crippen molar-refractivity contribution in [2.75, 3.05) is 13.2 Å². The summed E-state index contributed by atoms with van der Waals surface area (Å²) in [6.45, 7) is 3.85. The highest BCUT2D eigenvalue weighted by molar-refractivity contribution is 5.69. The molecule has 1 unspecified atom stereocenters. The summed E-state index contributed by atoms with van der Waals surface area (Å²) in [5, 5.41) is 13.6. The van der Waals surface area contributed by atoms with Gasteiger partial charge in [0.1, 0.15) is 19.3 Å². The highest BCUT2D eigenvalue weighted by atomic mass is 16.6. The quantitative estimate of drug-likeness (QED) is 0.356. The van der Waals surface area contributed by atoms with Crippen molar-refractivity contribution in [3.63, 3.8) is 0 Å². The molecule has 0 spiro atoms. The molecule has 1 aromatic rings. The van der Waals surface area contributed by atoms with E-state index in [1.165, 1.54) is 0 Å². The highest BCUT2D eigenvalue weighted by Gasteiger charge is 2.11. The Hall–Kier alpha value is -3.28. The van der Waals surface area contributed by atoms with E-state index in [0.29, 0.717) is 0 Å². The van der Waals surface area contributed by atoms with E-state index in [-0.39, 0.29) is 45.1 Å². The number of nitriles is 1.